The number of rotatable bonds is 4. The van der Waals surface area contributed by atoms with Crippen LogP contribution >= 0.6 is 0 Å². The number of nitrogens with zero attached hydrogens (tertiary/aromatic N) is 3. The highest BCUT2D eigenvalue weighted by Gasteiger charge is 2.09. The molecule has 1 N–H and O–H groups in total. The third-order valence-corrected chi connectivity index (χ3v) is 2.01. The van der Waals surface area contributed by atoms with Crippen molar-refractivity contribution in [3.63, 3.8) is 0 Å². The first-order valence-corrected chi connectivity index (χ1v) is 5.15. The predicted molar refractivity (Wildman–Crippen MR) is 57.2 cm³/mol. The summed E-state index contributed by atoms with van der Waals surface area (Å²) in [5, 5.41) is 11.2. The van der Waals surface area contributed by atoms with Gasteiger partial charge in [0.25, 0.3) is 0 Å². The van der Waals surface area contributed by atoms with Crippen molar-refractivity contribution >= 4 is 5.84 Å². The molecular weight excluding hydrogens is 192 g/mol. The van der Waals surface area contributed by atoms with Crippen LogP contribution in [0.4, 0.5) is 0 Å². The van der Waals surface area contributed by atoms with E-state index in [-0.39, 0.29) is 0 Å². The van der Waals surface area contributed by atoms with Gasteiger partial charge in [-0.1, -0.05) is 6.92 Å². The summed E-state index contributed by atoms with van der Waals surface area (Å²) in [5.41, 5.74) is 0.774. The molecule has 0 amide bonds. The van der Waals surface area contributed by atoms with Gasteiger partial charge in [-0.3, -0.25) is 4.99 Å². The minimum absolute atomic E-state index is 0.569. The summed E-state index contributed by atoms with van der Waals surface area (Å²) in [5.74, 6) is 1.39. The Bertz CT molecular complexity index is 347. The van der Waals surface area contributed by atoms with Gasteiger partial charge in [-0.05, 0) is 12.5 Å². The third kappa shape index (κ3) is 2.43. The molecule has 1 aliphatic rings. The van der Waals surface area contributed by atoms with Gasteiger partial charge in [0.05, 0.1) is 13.2 Å². The fraction of sp³-hybridized carbons (Fsp3) is 0.500. The number of hydrogen-bond acceptors (Lipinski definition) is 5. The third-order valence-electron chi connectivity index (χ3n) is 2.01. The van der Waals surface area contributed by atoms with Gasteiger partial charge >= 0.3 is 0 Å². The molecule has 2 heterocycles. The van der Waals surface area contributed by atoms with E-state index in [0.717, 1.165) is 31.0 Å². The van der Waals surface area contributed by atoms with Crippen molar-refractivity contribution in [3.05, 3.63) is 17.8 Å². The van der Waals surface area contributed by atoms with Crippen molar-refractivity contribution in [1.29, 1.82) is 0 Å². The lowest BCUT2D eigenvalue weighted by Crippen LogP contribution is -2.21. The standard InChI is InChI=1S/C10H14N4O/c1-2-7-15-9-4-3-8(13-14-9)10-11-5-6-12-10/h3-4H,2,5-7H2,1H3,(H,11,12). The fourth-order valence-electron chi connectivity index (χ4n) is 1.30. The lowest BCUT2D eigenvalue weighted by Gasteiger charge is -2.03. The molecule has 5 heteroatoms. The SMILES string of the molecule is CCCOc1ccc(C2=NCCN2)nn1. The Kier molecular flexibility index (Phi) is 3.11. The second-order valence-corrected chi connectivity index (χ2v) is 3.26. The lowest BCUT2D eigenvalue weighted by atomic mass is 10.3. The minimum atomic E-state index is 0.569. The molecule has 0 aromatic carbocycles. The first-order valence-electron chi connectivity index (χ1n) is 5.15. The van der Waals surface area contributed by atoms with Crippen LogP contribution in [0.5, 0.6) is 5.88 Å². The maximum atomic E-state index is 5.34. The van der Waals surface area contributed by atoms with Crippen LogP contribution in [0, 0.1) is 0 Å². The maximum Gasteiger partial charge on any atom is 0.233 e. The van der Waals surface area contributed by atoms with Gasteiger partial charge in [0.2, 0.25) is 5.88 Å². The van der Waals surface area contributed by atoms with Crippen LogP contribution in [0.1, 0.15) is 19.0 Å². The van der Waals surface area contributed by atoms with E-state index in [0.29, 0.717) is 12.5 Å². The Balaban J connectivity index is 2.03. The Labute approximate surface area is 88.6 Å². The molecule has 2 rings (SSSR count). The van der Waals surface area contributed by atoms with Gasteiger partial charge in [-0.2, -0.15) is 0 Å². The molecule has 0 bridgehead atoms. The molecule has 1 aromatic heterocycles. The Hall–Kier alpha value is -1.65. The van der Waals surface area contributed by atoms with Crippen LogP contribution < -0.4 is 10.1 Å². The van der Waals surface area contributed by atoms with Gasteiger partial charge in [0.15, 0.2) is 0 Å². The van der Waals surface area contributed by atoms with Crippen LogP contribution in [0.2, 0.25) is 0 Å². The lowest BCUT2D eigenvalue weighted by molar-refractivity contribution is 0.301. The number of ether oxygens (including phenoxy) is 1. The second-order valence-electron chi connectivity index (χ2n) is 3.26. The van der Waals surface area contributed by atoms with Crippen molar-refractivity contribution in [3.8, 4) is 5.88 Å². The average Bonchev–Trinajstić information content (AvgIpc) is 2.80. The highest BCUT2D eigenvalue weighted by molar-refractivity contribution is 5.97. The molecule has 0 saturated carbocycles. The monoisotopic (exact) mass is 206 g/mol. The number of aromatic nitrogens is 2. The molecule has 0 atom stereocenters. The molecule has 1 aromatic rings. The smallest absolute Gasteiger partial charge is 0.233 e. The second kappa shape index (κ2) is 4.72. The summed E-state index contributed by atoms with van der Waals surface area (Å²) in [6.07, 6.45) is 0.970. The zero-order valence-corrected chi connectivity index (χ0v) is 8.73. The van der Waals surface area contributed by atoms with E-state index in [4.69, 9.17) is 4.74 Å². The Morgan fingerprint density at radius 1 is 1.40 bits per heavy atom. The van der Waals surface area contributed by atoms with Crippen LogP contribution in [0.15, 0.2) is 17.1 Å². The fourth-order valence-corrected chi connectivity index (χ4v) is 1.30. The highest BCUT2D eigenvalue weighted by atomic mass is 16.5. The molecule has 0 radical (unpaired) electrons. The van der Waals surface area contributed by atoms with Crippen molar-refractivity contribution in [2.45, 2.75) is 13.3 Å². The molecule has 0 unspecified atom stereocenters. The maximum absolute atomic E-state index is 5.34. The van der Waals surface area contributed by atoms with Gasteiger partial charge in [-0.25, -0.2) is 0 Å². The summed E-state index contributed by atoms with van der Waals surface area (Å²) >= 11 is 0. The van der Waals surface area contributed by atoms with Crippen LogP contribution in [0.25, 0.3) is 0 Å². The van der Waals surface area contributed by atoms with Crippen molar-refractivity contribution in [1.82, 2.24) is 15.5 Å². The highest BCUT2D eigenvalue weighted by Crippen LogP contribution is 2.06. The summed E-state index contributed by atoms with van der Waals surface area (Å²) in [4.78, 5) is 4.26. The normalized spacial score (nSPS) is 14.6. The molecule has 0 aliphatic carbocycles. The molecule has 80 valence electrons. The summed E-state index contributed by atoms with van der Waals surface area (Å²) < 4.78 is 5.34. The number of aliphatic imine (C=N–C) groups is 1. The number of amidine groups is 1. The zero-order chi connectivity index (χ0) is 10.5. The molecule has 1 aliphatic heterocycles. The van der Waals surface area contributed by atoms with E-state index in [1.165, 1.54) is 0 Å². The van der Waals surface area contributed by atoms with Crippen LogP contribution in [-0.2, 0) is 0 Å². The predicted octanol–water partition coefficient (Wildman–Crippen LogP) is 0.615. The number of nitrogens with one attached hydrogen (secondary N) is 1. The van der Waals surface area contributed by atoms with E-state index < -0.39 is 0 Å². The molecule has 5 nitrogen and oxygen atoms in total. The van der Waals surface area contributed by atoms with E-state index >= 15 is 0 Å². The number of hydrogen-bond donors (Lipinski definition) is 1. The minimum Gasteiger partial charge on any atom is -0.477 e. The molecule has 15 heavy (non-hydrogen) atoms. The summed E-state index contributed by atoms with van der Waals surface area (Å²) in [6, 6.07) is 3.69. The van der Waals surface area contributed by atoms with E-state index in [9.17, 15) is 0 Å². The Morgan fingerprint density at radius 3 is 2.93 bits per heavy atom. The molecule has 0 spiro atoms. The average molecular weight is 206 g/mol. The first-order chi connectivity index (χ1) is 7.40. The van der Waals surface area contributed by atoms with Crippen molar-refractivity contribution in [2.75, 3.05) is 19.7 Å². The van der Waals surface area contributed by atoms with Gasteiger partial charge < -0.3 is 10.1 Å². The largest absolute Gasteiger partial charge is 0.477 e. The molecular formula is C10H14N4O. The van der Waals surface area contributed by atoms with E-state index in [2.05, 4.69) is 27.4 Å². The first kappa shape index (κ1) is 9.89. The van der Waals surface area contributed by atoms with Gasteiger partial charge in [0.1, 0.15) is 11.5 Å². The van der Waals surface area contributed by atoms with Crippen molar-refractivity contribution in [2.24, 2.45) is 4.99 Å². The topological polar surface area (TPSA) is 59.4 Å². The van der Waals surface area contributed by atoms with Gasteiger partial charge in [-0.15, -0.1) is 10.2 Å². The van der Waals surface area contributed by atoms with Crippen LogP contribution in [-0.4, -0.2) is 35.7 Å². The zero-order valence-electron chi connectivity index (χ0n) is 8.73. The van der Waals surface area contributed by atoms with E-state index in [1.54, 1.807) is 0 Å². The summed E-state index contributed by atoms with van der Waals surface area (Å²) in [6.45, 7) is 4.42. The molecule has 0 fully saturated rings. The summed E-state index contributed by atoms with van der Waals surface area (Å²) in [7, 11) is 0. The van der Waals surface area contributed by atoms with Gasteiger partial charge in [0, 0.05) is 12.6 Å². The quantitative estimate of drug-likeness (QED) is 0.784. The van der Waals surface area contributed by atoms with Crippen molar-refractivity contribution < 1.29 is 4.74 Å². The molecule has 0 saturated heterocycles. The van der Waals surface area contributed by atoms with Crippen LogP contribution in [0.3, 0.4) is 0 Å². The van der Waals surface area contributed by atoms with E-state index in [1.807, 2.05) is 12.1 Å². The Morgan fingerprint density at radius 2 is 2.33 bits per heavy atom.